The summed E-state index contributed by atoms with van der Waals surface area (Å²) in [5, 5.41) is 9.02. The van der Waals surface area contributed by atoms with Crippen molar-refractivity contribution >= 4 is 0 Å². The molecule has 1 nitrogen and oxygen atoms in total. The van der Waals surface area contributed by atoms with Crippen molar-refractivity contribution in [3.8, 4) is 0 Å². The molecule has 0 amide bonds. The molecule has 2 fully saturated rings. The SMILES string of the molecule is C[C@@H](C1CCCCC1)[C@H]1C[C@H]1CO. The molecule has 13 heavy (non-hydrogen) atoms. The van der Waals surface area contributed by atoms with Crippen molar-refractivity contribution in [1.82, 2.24) is 0 Å². The Morgan fingerprint density at radius 3 is 2.46 bits per heavy atom. The van der Waals surface area contributed by atoms with Gasteiger partial charge in [0.1, 0.15) is 0 Å². The molecule has 3 atom stereocenters. The summed E-state index contributed by atoms with van der Waals surface area (Å²) in [4.78, 5) is 0. The first kappa shape index (κ1) is 9.51. The average molecular weight is 182 g/mol. The van der Waals surface area contributed by atoms with E-state index >= 15 is 0 Å². The van der Waals surface area contributed by atoms with Gasteiger partial charge in [0.05, 0.1) is 0 Å². The zero-order valence-electron chi connectivity index (χ0n) is 8.71. The molecule has 0 spiro atoms. The highest BCUT2D eigenvalue weighted by atomic mass is 16.3. The van der Waals surface area contributed by atoms with Crippen molar-refractivity contribution in [1.29, 1.82) is 0 Å². The standard InChI is InChI=1S/C12H22O/c1-9(12-7-11(12)8-13)10-5-3-2-4-6-10/h9-13H,2-8H2,1H3/t9-,11-,12+/m0/s1. The maximum atomic E-state index is 9.02. The minimum absolute atomic E-state index is 0.432. The Hall–Kier alpha value is -0.0400. The molecular weight excluding hydrogens is 160 g/mol. The van der Waals surface area contributed by atoms with Gasteiger partial charge in [0.2, 0.25) is 0 Å². The normalized spacial score (nSPS) is 37.4. The summed E-state index contributed by atoms with van der Waals surface area (Å²) in [5.74, 6) is 3.40. The summed E-state index contributed by atoms with van der Waals surface area (Å²) < 4.78 is 0. The molecule has 0 unspecified atom stereocenters. The van der Waals surface area contributed by atoms with E-state index in [9.17, 15) is 0 Å². The van der Waals surface area contributed by atoms with Crippen molar-refractivity contribution < 1.29 is 5.11 Å². The number of hydrogen-bond donors (Lipinski definition) is 1. The molecule has 0 aliphatic heterocycles. The van der Waals surface area contributed by atoms with Gasteiger partial charge >= 0.3 is 0 Å². The van der Waals surface area contributed by atoms with Crippen LogP contribution in [-0.4, -0.2) is 11.7 Å². The minimum Gasteiger partial charge on any atom is -0.396 e. The summed E-state index contributed by atoms with van der Waals surface area (Å²) in [7, 11) is 0. The van der Waals surface area contributed by atoms with Gasteiger partial charge in [-0.05, 0) is 30.1 Å². The largest absolute Gasteiger partial charge is 0.396 e. The van der Waals surface area contributed by atoms with Crippen molar-refractivity contribution in [2.24, 2.45) is 23.7 Å². The fourth-order valence-electron chi connectivity index (χ4n) is 3.13. The number of rotatable bonds is 3. The van der Waals surface area contributed by atoms with E-state index in [1.54, 1.807) is 0 Å². The van der Waals surface area contributed by atoms with Crippen LogP contribution in [0.15, 0.2) is 0 Å². The molecular formula is C12H22O. The first-order valence-corrected chi connectivity index (χ1v) is 5.93. The quantitative estimate of drug-likeness (QED) is 0.711. The van der Waals surface area contributed by atoms with Gasteiger partial charge in [0, 0.05) is 6.61 Å². The van der Waals surface area contributed by atoms with E-state index in [0.717, 1.165) is 17.8 Å². The summed E-state index contributed by atoms with van der Waals surface area (Å²) >= 11 is 0. The lowest BCUT2D eigenvalue weighted by molar-refractivity contribution is 0.211. The molecule has 0 radical (unpaired) electrons. The van der Waals surface area contributed by atoms with Crippen LogP contribution in [-0.2, 0) is 0 Å². The van der Waals surface area contributed by atoms with Crippen LogP contribution in [0.25, 0.3) is 0 Å². The van der Waals surface area contributed by atoms with Gasteiger partial charge in [-0.15, -0.1) is 0 Å². The number of aliphatic hydroxyl groups is 1. The molecule has 0 aromatic rings. The molecule has 2 aliphatic carbocycles. The minimum atomic E-state index is 0.432. The van der Waals surface area contributed by atoms with Gasteiger partial charge in [-0.3, -0.25) is 0 Å². The van der Waals surface area contributed by atoms with Gasteiger partial charge in [0.25, 0.3) is 0 Å². The molecule has 0 aromatic heterocycles. The van der Waals surface area contributed by atoms with Gasteiger partial charge in [-0.25, -0.2) is 0 Å². The second kappa shape index (κ2) is 4.00. The Morgan fingerprint density at radius 2 is 1.92 bits per heavy atom. The number of hydrogen-bond acceptors (Lipinski definition) is 1. The zero-order chi connectivity index (χ0) is 9.26. The molecule has 1 N–H and O–H groups in total. The first-order chi connectivity index (χ1) is 6.33. The van der Waals surface area contributed by atoms with Crippen LogP contribution in [0.1, 0.15) is 45.4 Å². The van der Waals surface area contributed by atoms with E-state index < -0.39 is 0 Å². The predicted molar refractivity (Wildman–Crippen MR) is 54.4 cm³/mol. The van der Waals surface area contributed by atoms with E-state index in [1.165, 1.54) is 38.5 Å². The van der Waals surface area contributed by atoms with E-state index in [1.807, 2.05) is 0 Å². The fourth-order valence-corrected chi connectivity index (χ4v) is 3.13. The van der Waals surface area contributed by atoms with Gasteiger partial charge < -0.3 is 5.11 Å². The Bertz CT molecular complexity index is 161. The summed E-state index contributed by atoms with van der Waals surface area (Å²) in [6.07, 6.45) is 8.56. The molecule has 2 rings (SSSR count). The molecule has 2 aliphatic rings. The summed E-state index contributed by atoms with van der Waals surface area (Å²) in [5.41, 5.74) is 0. The average Bonchev–Trinajstić information content (AvgIpc) is 2.97. The van der Waals surface area contributed by atoms with Gasteiger partial charge in [-0.2, -0.15) is 0 Å². The molecule has 76 valence electrons. The molecule has 0 heterocycles. The molecule has 0 bridgehead atoms. The Balaban J connectivity index is 1.79. The van der Waals surface area contributed by atoms with E-state index in [0.29, 0.717) is 12.5 Å². The van der Waals surface area contributed by atoms with E-state index in [4.69, 9.17) is 5.11 Å². The third kappa shape index (κ3) is 2.07. The fraction of sp³-hybridized carbons (Fsp3) is 1.00. The van der Waals surface area contributed by atoms with Crippen LogP contribution in [0, 0.1) is 23.7 Å². The highest BCUT2D eigenvalue weighted by molar-refractivity contribution is 4.92. The third-order valence-electron chi connectivity index (χ3n) is 4.28. The van der Waals surface area contributed by atoms with Crippen molar-refractivity contribution in [2.45, 2.75) is 45.4 Å². The zero-order valence-corrected chi connectivity index (χ0v) is 8.71. The van der Waals surface area contributed by atoms with E-state index in [2.05, 4.69) is 6.92 Å². The van der Waals surface area contributed by atoms with Gasteiger partial charge in [0.15, 0.2) is 0 Å². The smallest absolute Gasteiger partial charge is 0.0462 e. The molecule has 0 aromatic carbocycles. The molecule has 1 heteroatoms. The van der Waals surface area contributed by atoms with Crippen molar-refractivity contribution in [3.63, 3.8) is 0 Å². The predicted octanol–water partition coefficient (Wildman–Crippen LogP) is 2.83. The molecule has 2 saturated carbocycles. The van der Waals surface area contributed by atoms with Crippen molar-refractivity contribution in [3.05, 3.63) is 0 Å². The lowest BCUT2D eigenvalue weighted by Gasteiger charge is -2.27. The maximum Gasteiger partial charge on any atom is 0.0462 e. The monoisotopic (exact) mass is 182 g/mol. The van der Waals surface area contributed by atoms with Crippen LogP contribution >= 0.6 is 0 Å². The first-order valence-electron chi connectivity index (χ1n) is 5.93. The lowest BCUT2D eigenvalue weighted by atomic mass is 9.78. The van der Waals surface area contributed by atoms with Crippen LogP contribution in [0.2, 0.25) is 0 Å². The summed E-state index contributed by atoms with van der Waals surface area (Å²) in [6, 6.07) is 0. The number of aliphatic hydroxyl groups excluding tert-OH is 1. The highest BCUT2D eigenvalue weighted by Gasteiger charge is 2.42. The topological polar surface area (TPSA) is 20.2 Å². The lowest BCUT2D eigenvalue weighted by Crippen LogP contribution is -2.18. The third-order valence-corrected chi connectivity index (χ3v) is 4.28. The molecule has 0 saturated heterocycles. The van der Waals surface area contributed by atoms with Crippen LogP contribution < -0.4 is 0 Å². The Kier molecular flexibility index (Phi) is 2.92. The van der Waals surface area contributed by atoms with Gasteiger partial charge in [-0.1, -0.05) is 39.0 Å². The van der Waals surface area contributed by atoms with E-state index in [-0.39, 0.29) is 0 Å². The second-order valence-electron chi connectivity index (χ2n) is 5.10. The summed E-state index contributed by atoms with van der Waals surface area (Å²) in [6.45, 7) is 2.85. The van der Waals surface area contributed by atoms with Crippen LogP contribution in [0.3, 0.4) is 0 Å². The maximum absolute atomic E-state index is 9.02. The Labute approximate surface area is 81.5 Å². The van der Waals surface area contributed by atoms with Crippen molar-refractivity contribution in [2.75, 3.05) is 6.61 Å². The second-order valence-corrected chi connectivity index (χ2v) is 5.10. The Morgan fingerprint density at radius 1 is 1.23 bits per heavy atom. The van der Waals surface area contributed by atoms with Crippen LogP contribution in [0.4, 0.5) is 0 Å². The highest BCUT2D eigenvalue weighted by Crippen LogP contribution is 2.49. The van der Waals surface area contributed by atoms with Crippen LogP contribution in [0.5, 0.6) is 0 Å².